The van der Waals surface area contributed by atoms with Crippen LogP contribution in [-0.2, 0) is 6.54 Å². The Balaban J connectivity index is 1.82. The van der Waals surface area contributed by atoms with Gasteiger partial charge in [0.15, 0.2) is 0 Å². The van der Waals surface area contributed by atoms with Crippen molar-refractivity contribution in [1.29, 1.82) is 0 Å². The van der Waals surface area contributed by atoms with E-state index in [1.807, 2.05) is 18.3 Å². The van der Waals surface area contributed by atoms with Crippen molar-refractivity contribution in [3.8, 4) is 16.9 Å². The van der Waals surface area contributed by atoms with Crippen molar-refractivity contribution < 1.29 is 10.2 Å². The summed E-state index contributed by atoms with van der Waals surface area (Å²) in [7, 11) is 0. The quantitative estimate of drug-likeness (QED) is 0.689. The molecule has 0 atom stereocenters. The number of hydrogen-bond donors (Lipinski definition) is 3. The Morgan fingerprint density at radius 1 is 1.17 bits per heavy atom. The number of phenols is 1. The van der Waals surface area contributed by atoms with Crippen molar-refractivity contribution in [2.45, 2.75) is 25.5 Å². The lowest BCUT2D eigenvalue weighted by Gasteiger charge is -2.31. The van der Waals surface area contributed by atoms with E-state index in [-0.39, 0.29) is 11.9 Å². The molecule has 1 saturated carbocycles. The van der Waals surface area contributed by atoms with E-state index in [4.69, 9.17) is 5.73 Å². The Labute approximate surface area is 133 Å². The van der Waals surface area contributed by atoms with Crippen LogP contribution in [0.3, 0.4) is 0 Å². The van der Waals surface area contributed by atoms with Gasteiger partial charge in [-0.25, -0.2) is 9.97 Å². The maximum Gasteiger partial charge on any atom is 0.146 e. The van der Waals surface area contributed by atoms with Crippen molar-refractivity contribution in [2.24, 2.45) is 5.92 Å². The van der Waals surface area contributed by atoms with E-state index in [9.17, 15) is 10.2 Å². The minimum Gasteiger partial charge on any atom is -0.508 e. The summed E-state index contributed by atoms with van der Waals surface area (Å²) < 4.78 is 2.09. The highest BCUT2D eigenvalue weighted by Crippen LogP contribution is 2.35. The third-order valence-electron chi connectivity index (χ3n) is 4.53. The Hall–Kier alpha value is -2.60. The highest BCUT2D eigenvalue weighted by Gasteiger charge is 2.28. The highest BCUT2D eigenvalue weighted by molar-refractivity contribution is 6.00. The summed E-state index contributed by atoms with van der Waals surface area (Å²) >= 11 is 0. The number of hydrogen-bond acceptors (Lipinski definition) is 5. The molecule has 4 N–H and O–H groups in total. The molecule has 4 rings (SSSR count). The number of aromatic nitrogens is 3. The molecule has 0 bridgehead atoms. The largest absolute Gasteiger partial charge is 0.508 e. The van der Waals surface area contributed by atoms with E-state index in [1.54, 1.807) is 12.1 Å². The molecule has 1 aliphatic carbocycles. The van der Waals surface area contributed by atoms with Gasteiger partial charge in [-0.15, -0.1) is 0 Å². The van der Waals surface area contributed by atoms with Crippen LogP contribution in [0.25, 0.3) is 22.2 Å². The summed E-state index contributed by atoms with van der Waals surface area (Å²) in [4.78, 5) is 8.51. The number of aliphatic hydroxyl groups excluding tert-OH is 1. The van der Waals surface area contributed by atoms with Gasteiger partial charge in [-0.05, 0) is 36.5 Å². The molecule has 0 radical (unpaired) electrons. The van der Waals surface area contributed by atoms with Gasteiger partial charge in [0, 0.05) is 18.3 Å². The fourth-order valence-corrected chi connectivity index (χ4v) is 3.27. The average Bonchev–Trinajstić information content (AvgIpc) is 2.87. The predicted octanol–water partition coefficient (Wildman–Crippen LogP) is 2.16. The Morgan fingerprint density at radius 2 is 1.91 bits per heavy atom. The topological polar surface area (TPSA) is 97.2 Å². The molecular weight excluding hydrogens is 292 g/mol. The number of aromatic hydroxyl groups is 1. The number of nitrogen functional groups attached to an aromatic ring is 1. The van der Waals surface area contributed by atoms with Gasteiger partial charge in [0.25, 0.3) is 0 Å². The average molecular weight is 310 g/mol. The molecule has 0 amide bonds. The molecule has 2 aromatic heterocycles. The third-order valence-corrected chi connectivity index (χ3v) is 4.53. The van der Waals surface area contributed by atoms with Gasteiger partial charge in [0.1, 0.15) is 23.5 Å². The van der Waals surface area contributed by atoms with Crippen molar-refractivity contribution in [2.75, 3.05) is 5.73 Å². The summed E-state index contributed by atoms with van der Waals surface area (Å²) in [5.41, 5.74) is 8.81. The highest BCUT2D eigenvalue weighted by atomic mass is 16.3. The van der Waals surface area contributed by atoms with E-state index in [1.165, 1.54) is 6.33 Å². The molecule has 6 heteroatoms. The Morgan fingerprint density at radius 3 is 2.61 bits per heavy atom. The molecule has 1 aliphatic rings. The summed E-state index contributed by atoms with van der Waals surface area (Å²) in [5, 5.41) is 19.8. The number of phenolic OH excluding ortho intramolecular Hbond substituents is 1. The lowest BCUT2D eigenvalue weighted by Crippen LogP contribution is -2.31. The molecule has 0 spiro atoms. The van der Waals surface area contributed by atoms with Crippen LogP contribution in [0.5, 0.6) is 5.75 Å². The van der Waals surface area contributed by atoms with Crippen LogP contribution in [0.4, 0.5) is 5.82 Å². The number of aliphatic hydroxyl groups is 1. The van der Waals surface area contributed by atoms with Gasteiger partial charge < -0.3 is 20.5 Å². The zero-order valence-electron chi connectivity index (χ0n) is 12.6. The summed E-state index contributed by atoms with van der Waals surface area (Å²) in [5.74, 6) is 1.14. The van der Waals surface area contributed by atoms with Gasteiger partial charge in [-0.2, -0.15) is 0 Å². The van der Waals surface area contributed by atoms with E-state index in [0.717, 1.165) is 41.5 Å². The second-order valence-electron chi connectivity index (χ2n) is 6.19. The Bertz CT molecular complexity index is 851. The fourth-order valence-electron chi connectivity index (χ4n) is 3.27. The standard InChI is InChI=1S/C17H18N4O2/c18-16-15-14(11-1-3-12(22)4-2-11)8-21(17(15)20-9-19-16)7-10-5-13(23)6-10/h1-4,8-10,13,22-23H,5-7H2,(H2,18,19,20). The van der Waals surface area contributed by atoms with Crippen molar-refractivity contribution >= 4 is 16.9 Å². The lowest BCUT2D eigenvalue weighted by molar-refractivity contribution is 0.0357. The van der Waals surface area contributed by atoms with Gasteiger partial charge >= 0.3 is 0 Å². The minimum absolute atomic E-state index is 0.168. The summed E-state index contributed by atoms with van der Waals surface area (Å²) in [6, 6.07) is 7.02. The zero-order chi connectivity index (χ0) is 16.0. The van der Waals surface area contributed by atoms with Gasteiger partial charge in [0.05, 0.1) is 11.5 Å². The van der Waals surface area contributed by atoms with Crippen LogP contribution in [0.1, 0.15) is 12.8 Å². The van der Waals surface area contributed by atoms with Gasteiger partial charge in [-0.1, -0.05) is 12.1 Å². The molecule has 23 heavy (non-hydrogen) atoms. The summed E-state index contributed by atoms with van der Waals surface area (Å²) in [6.07, 6.45) is 5.00. The van der Waals surface area contributed by atoms with Crippen LogP contribution in [0, 0.1) is 5.92 Å². The first-order chi connectivity index (χ1) is 11.1. The van der Waals surface area contributed by atoms with Gasteiger partial charge in [-0.3, -0.25) is 0 Å². The van der Waals surface area contributed by atoms with Crippen LogP contribution in [0.2, 0.25) is 0 Å². The molecule has 0 aliphatic heterocycles. The molecule has 6 nitrogen and oxygen atoms in total. The van der Waals surface area contributed by atoms with Crippen LogP contribution in [0.15, 0.2) is 36.8 Å². The molecule has 3 aromatic rings. The molecule has 2 heterocycles. The zero-order valence-corrected chi connectivity index (χ0v) is 12.6. The second-order valence-corrected chi connectivity index (χ2v) is 6.19. The number of fused-ring (bicyclic) bond motifs is 1. The molecule has 1 fully saturated rings. The van der Waals surface area contributed by atoms with Crippen LogP contribution in [-0.4, -0.2) is 30.9 Å². The number of nitrogens with zero attached hydrogens (tertiary/aromatic N) is 3. The lowest BCUT2D eigenvalue weighted by atomic mass is 9.82. The van der Waals surface area contributed by atoms with Crippen LogP contribution >= 0.6 is 0 Å². The van der Waals surface area contributed by atoms with E-state index >= 15 is 0 Å². The van der Waals surface area contributed by atoms with Gasteiger partial charge in [0.2, 0.25) is 0 Å². The number of benzene rings is 1. The summed E-state index contributed by atoms with van der Waals surface area (Å²) in [6.45, 7) is 0.808. The van der Waals surface area contributed by atoms with Crippen molar-refractivity contribution in [3.63, 3.8) is 0 Å². The first-order valence-corrected chi connectivity index (χ1v) is 7.68. The fraction of sp³-hybridized carbons (Fsp3) is 0.294. The molecule has 1 aromatic carbocycles. The van der Waals surface area contributed by atoms with Crippen LogP contribution < -0.4 is 5.73 Å². The predicted molar refractivity (Wildman–Crippen MR) is 87.8 cm³/mol. The monoisotopic (exact) mass is 310 g/mol. The first-order valence-electron chi connectivity index (χ1n) is 7.68. The SMILES string of the molecule is Nc1ncnc2c1c(-c1ccc(O)cc1)cn2CC1CC(O)C1. The minimum atomic E-state index is -0.168. The number of nitrogens with two attached hydrogens (primary N) is 1. The number of rotatable bonds is 3. The van der Waals surface area contributed by atoms with Crippen molar-refractivity contribution in [3.05, 3.63) is 36.8 Å². The molecular formula is C17H18N4O2. The third kappa shape index (κ3) is 2.41. The Kier molecular flexibility index (Phi) is 3.20. The smallest absolute Gasteiger partial charge is 0.146 e. The van der Waals surface area contributed by atoms with Crippen molar-refractivity contribution in [1.82, 2.24) is 14.5 Å². The normalized spacial score (nSPS) is 20.6. The van der Waals surface area contributed by atoms with E-state index in [2.05, 4.69) is 14.5 Å². The molecule has 118 valence electrons. The maximum atomic E-state index is 9.48. The molecule has 0 unspecified atom stereocenters. The maximum absolute atomic E-state index is 9.48. The van der Waals surface area contributed by atoms with E-state index in [0.29, 0.717) is 11.7 Å². The number of anilines is 1. The molecule has 0 saturated heterocycles. The second kappa shape index (κ2) is 5.24. The first kappa shape index (κ1) is 14.0. The van der Waals surface area contributed by atoms with E-state index < -0.39 is 0 Å².